The standard InChI is InChI=1S/C12H15NO3S2/c1-16-11-2-4-12(5-3-11)18(14,15)13-7-6-10(8-13)9-17/h2-5,9-10H,6-8H2,1H3/t10-/m0/s1. The molecule has 0 bridgehead atoms. The lowest BCUT2D eigenvalue weighted by atomic mass is 10.2. The Morgan fingerprint density at radius 3 is 2.56 bits per heavy atom. The second-order valence-corrected chi connectivity index (χ2v) is 6.43. The van der Waals surface area contributed by atoms with E-state index in [9.17, 15) is 8.42 Å². The van der Waals surface area contributed by atoms with E-state index in [0.717, 1.165) is 6.42 Å². The van der Waals surface area contributed by atoms with Crippen LogP contribution in [0.25, 0.3) is 0 Å². The molecule has 0 N–H and O–H groups in total. The Morgan fingerprint density at radius 1 is 1.39 bits per heavy atom. The molecule has 1 aromatic carbocycles. The average Bonchev–Trinajstić information content (AvgIpc) is 2.88. The molecule has 2 rings (SSSR count). The summed E-state index contributed by atoms with van der Waals surface area (Å²) in [5.74, 6) is 0.833. The van der Waals surface area contributed by atoms with Crippen molar-refractivity contribution in [3.8, 4) is 5.75 Å². The Morgan fingerprint density at radius 2 is 2.06 bits per heavy atom. The molecule has 18 heavy (non-hydrogen) atoms. The molecule has 1 aliphatic heterocycles. The summed E-state index contributed by atoms with van der Waals surface area (Å²) in [6.45, 7) is 1.02. The zero-order valence-corrected chi connectivity index (χ0v) is 11.7. The second kappa shape index (κ2) is 5.34. The van der Waals surface area contributed by atoms with Gasteiger partial charge in [0.1, 0.15) is 5.75 Å². The molecule has 0 spiro atoms. The average molecular weight is 285 g/mol. The molecule has 1 saturated heterocycles. The highest BCUT2D eigenvalue weighted by atomic mass is 32.2. The van der Waals surface area contributed by atoms with Gasteiger partial charge in [0.15, 0.2) is 0 Å². The zero-order valence-electron chi connectivity index (χ0n) is 10.1. The van der Waals surface area contributed by atoms with Gasteiger partial charge in [-0.05, 0) is 36.1 Å². The number of sulfonamides is 1. The second-order valence-electron chi connectivity index (χ2n) is 4.22. The fraction of sp³-hybridized carbons (Fsp3) is 0.417. The molecule has 1 aromatic rings. The Bertz CT molecular complexity index is 525. The van der Waals surface area contributed by atoms with E-state index < -0.39 is 10.0 Å². The highest BCUT2D eigenvalue weighted by Crippen LogP contribution is 2.24. The minimum absolute atomic E-state index is 0.188. The van der Waals surface area contributed by atoms with Crippen molar-refractivity contribution in [1.82, 2.24) is 4.31 Å². The van der Waals surface area contributed by atoms with Gasteiger partial charge in [-0.1, -0.05) is 12.2 Å². The number of hydrogen-bond acceptors (Lipinski definition) is 4. The summed E-state index contributed by atoms with van der Waals surface area (Å²) >= 11 is 4.87. The number of thiocarbonyl (C=S) groups is 1. The van der Waals surface area contributed by atoms with Crippen LogP contribution in [0.4, 0.5) is 0 Å². The molecule has 0 unspecified atom stereocenters. The highest BCUT2D eigenvalue weighted by Gasteiger charge is 2.31. The molecule has 1 atom stereocenters. The largest absolute Gasteiger partial charge is 0.497 e. The van der Waals surface area contributed by atoms with Crippen LogP contribution in [0.2, 0.25) is 0 Å². The Labute approximate surface area is 113 Å². The molecule has 0 amide bonds. The zero-order chi connectivity index (χ0) is 13.2. The molecule has 4 nitrogen and oxygen atoms in total. The van der Waals surface area contributed by atoms with Gasteiger partial charge >= 0.3 is 0 Å². The topological polar surface area (TPSA) is 46.6 Å². The molecular formula is C12H15NO3S2. The summed E-state index contributed by atoms with van der Waals surface area (Å²) in [7, 11) is -1.85. The van der Waals surface area contributed by atoms with Gasteiger partial charge < -0.3 is 4.74 Å². The number of nitrogens with zero attached hydrogens (tertiary/aromatic N) is 1. The first kappa shape index (κ1) is 13.5. The van der Waals surface area contributed by atoms with Crippen LogP contribution >= 0.6 is 12.2 Å². The Balaban J connectivity index is 2.22. The molecule has 1 fully saturated rings. The molecule has 0 aliphatic carbocycles. The smallest absolute Gasteiger partial charge is 0.243 e. The summed E-state index contributed by atoms with van der Waals surface area (Å²) < 4.78 is 31.2. The van der Waals surface area contributed by atoms with Gasteiger partial charge in [-0.3, -0.25) is 0 Å². The predicted molar refractivity (Wildman–Crippen MR) is 73.5 cm³/mol. The van der Waals surface area contributed by atoms with Gasteiger partial charge in [0.25, 0.3) is 0 Å². The molecule has 98 valence electrons. The molecule has 0 radical (unpaired) electrons. The number of benzene rings is 1. The van der Waals surface area contributed by atoms with Crippen molar-refractivity contribution in [1.29, 1.82) is 0 Å². The maximum absolute atomic E-state index is 12.3. The normalized spacial score (nSPS) is 20.8. The van der Waals surface area contributed by atoms with Crippen molar-refractivity contribution < 1.29 is 13.2 Å². The maximum Gasteiger partial charge on any atom is 0.243 e. The summed E-state index contributed by atoms with van der Waals surface area (Å²) in [4.78, 5) is 0.299. The van der Waals surface area contributed by atoms with E-state index in [1.54, 1.807) is 36.7 Å². The number of methoxy groups -OCH3 is 1. The van der Waals surface area contributed by atoms with Gasteiger partial charge in [-0.2, -0.15) is 4.31 Å². The van der Waals surface area contributed by atoms with Crippen molar-refractivity contribution in [3.63, 3.8) is 0 Å². The highest BCUT2D eigenvalue weighted by molar-refractivity contribution is 7.89. The van der Waals surface area contributed by atoms with Crippen LogP contribution in [0.5, 0.6) is 5.75 Å². The lowest BCUT2D eigenvalue weighted by molar-refractivity contribution is 0.414. The number of rotatable bonds is 4. The van der Waals surface area contributed by atoms with E-state index in [2.05, 4.69) is 0 Å². The van der Waals surface area contributed by atoms with E-state index in [-0.39, 0.29) is 5.92 Å². The molecule has 1 aliphatic rings. The lowest BCUT2D eigenvalue weighted by Crippen LogP contribution is -2.28. The fourth-order valence-corrected chi connectivity index (χ4v) is 3.71. The van der Waals surface area contributed by atoms with Crippen molar-refractivity contribution in [2.24, 2.45) is 5.92 Å². The van der Waals surface area contributed by atoms with Crippen molar-refractivity contribution >= 4 is 27.6 Å². The molecule has 1 heterocycles. The van der Waals surface area contributed by atoms with E-state index >= 15 is 0 Å². The molecule has 6 heteroatoms. The maximum atomic E-state index is 12.3. The van der Waals surface area contributed by atoms with Crippen LogP contribution in [0, 0.1) is 5.92 Å². The van der Waals surface area contributed by atoms with Crippen LogP contribution in [0.15, 0.2) is 29.2 Å². The van der Waals surface area contributed by atoms with Crippen LogP contribution < -0.4 is 4.74 Å². The molecule has 0 saturated carbocycles. The fourth-order valence-electron chi connectivity index (χ4n) is 1.98. The number of hydrogen-bond donors (Lipinski definition) is 0. The third-order valence-electron chi connectivity index (χ3n) is 3.08. The first-order chi connectivity index (χ1) is 8.57. The van der Waals surface area contributed by atoms with E-state index in [1.807, 2.05) is 0 Å². The van der Waals surface area contributed by atoms with Gasteiger partial charge in [0.2, 0.25) is 10.0 Å². The van der Waals surface area contributed by atoms with Gasteiger partial charge in [-0.15, -0.1) is 0 Å². The van der Waals surface area contributed by atoms with Gasteiger partial charge in [0, 0.05) is 19.0 Å². The first-order valence-corrected chi connectivity index (χ1v) is 7.58. The molecular weight excluding hydrogens is 270 g/mol. The van der Waals surface area contributed by atoms with Crippen LogP contribution in [0.3, 0.4) is 0 Å². The summed E-state index contributed by atoms with van der Waals surface area (Å²) in [5, 5.41) is 1.66. The third-order valence-corrected chi connectivity index (χ3v) is 5.34. The summed E-state index contributed by atoms with van der Waals surface area (Å²) in [5.41, 5.74) is 0. The monoisotopic (exact) mass is 285 g/mol. The number of ether oxygens (including phenoxy) is 1. The Kier molecular flexibility index (Phi) is 3.99. The summed E-state index contributed by atoms with van der Waals surface area (Å²) in [6.07, 6.45) is 0.804. The van der Waals surface area contributed by atoms with Gasteiger partial charge in [-0.25, -0.2) is 8.42 Å². The quantitative estimate of drug-likeness (QED) is 0.790. The SMILES string of the molecule is COc1ccc(S(=O)(=O)N2CC[C@H](C=S)C2)cc1. The van der Waals surface area contributed by atoms with Crippen LogP contribution in [0.1, 0.15) is 6.42 Å². The first-order valence-electron chi connectivity index (χ1n) is 5.67. The van der Waals surface area contributed by atoms with Crippen molar-refractivity contribution in [2.45, 2.75) is 11.3 Å². The Hall–Kier alpha value is -0.980. The molecule has 0 aromatic heterocycles. The van der Waals surface area contributed by atoms with Crippen LogP contribution in [-0.4, -0.2) is 38.3 Å². The van der Waals surface area contributed by atoms with Gasteiger partial charge in [0.05, 0.1) is 12.0 Å². The van der Waals surface area contributed by atoms with Crippen molar-refractivity contribution in [3.05, 3.63) is 24.3 Å². The van der Waals surface area contributed by atoms with E-state index in [1.165, 1.54) is 4.31 Å². The van der Waals surface area contributed by atoms with E-state index in [0.29, 0.717) is 23.7 Å². The third kappa shape index (κ3) is 2.55. The lowest BCUT2D eigenvalue weighted by Gasteiger charge is -2.16. The minimum Gasteiger partial charge on any atom is -0.497 e. The summed E-state index contributed by atoms with van der Waals surface area (Å²) in [6, 6.07) is 6.44. The predicted octanol–water partition coefficient (Wildman–Crippen LogP) is 1.71. The minimum atomic E-state index is -3.40. The van der Waals surface area contributed by atoms with Crippen molar-refractivity contribution in [2.75, 3.05) is 20.2 Å². The van der Waals surface area contributed by atoms with E-state index in [4.69, 9.17) is 17.0 Å². The van der Waals surface area contributed by atoms with Crippen LogP contribution in [-0.2, 0) is 10.0 Å².